The minimum absolute atomic E-state index is 0.0668. The SMILES string of the molecule is Cc1cccc(-c2noc(CN3CCC(C(=O)NCCCc4ccccc4Cl)CC3)n2)c1. The number of aryl methyl sites for hydroxylation is 2. The van der Waals surface area contributed by atoms with Crippen molar-refractivity contribution in [3.8, 4) is 11.4 Å². The molecular formula is C25H29ClN4O2. The van der Waals surface area contributed by atoms with Gasteiger partial charge >= 0.3 is 0 Å². The third kappa shape index (κ3) is 5.96. The normalized spacial score (nSPS) is 15.1. The molecule has 2 aromatic carbocycles. The predicted molar refractivity (Wildman–Crippen MR) is 125 cm³/mol. The molecule has 7 heteroatoms. The molecule has 1 aliphatic heterocycles. The molecule has 0 atom stereocenters. The standard InChI is InChI=1S/C25H29ClN4O2/c1-18-6-4-8-21(16-18)24-28-23(32-29-24)17-30-14-11-20(12-15-30)25(31)27-13-5-9-19-7-2-3-10-22(19)26/h2-4,6-8,10,16,20H,5,9,11-15,17H2,1H3,(H,27,31). The van der Waals surface area contributed by atoms with Crippen molar-refractivity contribution in [1.29, 1.82) is 0 Å². The molecule has 1 amide bonds. The summed E-state index contributed by atoms with van der Waals surface area (Å²) < 4.78 is 5.45. The zero-order valence-corrected chi connectivity index (χ0v) is 19.1. The summed E-state index contributed by atoms with van der Waals surface area (Å²) in [6, 6.07) is 15.9. The van der Waals surface area contributed by atoms with Gasteiger partial charge in [0.2, 0.25) is 17.6 Å². The summed E-state index contributed by atoms with van der Waals surface area (Å²) in [6.07, 6.45) is 3.44. The number of hydrogen-bond donors (Lipinski definition) is 1. The van der Waals surface area contributed by atoms with Gasteiger partial charge in [0.25, 0.3) is 0 Å². The van der Waals surface area contributed by atoms with Crippen molar-refractivity contribution in [2.75, 3.05) is 19.6 Å². The average Bonchev–Trinajstić information content (AvgIpc) is 3.27. The molecule has 32 heavy (non-hydrogen) atoms. The summed E-state index contributed by atoms with van der Waals surface area (Å²) in [6.45, 7) is 5.03. The summed E-state index contributed by atoms with van der Waals surface area (Å²) in [4.78, 5) is 19.3. The van der Waals surface area contributed by atoms with Gasteiger partial charge in [-0.25, -0.2) is 0 Å². The lowest BCUT2D eigenvalue weighted by Crippen LogP contribution is -2.40. The predicted octanol–water partition coefficient (Wildman–Crippen LogP) is 4.66. The van der Waals surface area contributed by atoms with Crippen molar-refractivity contribution in [1.82, 2.24) is 20.4 Å². The van der Waals surface area contributed by atoms with Gasteiger partial charge in [-0.1, -0.05) is 58.7 Å². The van der Waals surface area contributed by atoms with Crippen LogP contribution in [0.2, 0.25) is 5.02 Å². The van der Waals surface area contributed by atoms with Crippen molar-refractivity contribution in [2.45, 2.75) is 39.2 Å². The van der Waals surface area contributed by atoms with Gasteiger partial charge in [0, 0.05) is 23.0 Å². The van der Waals surface area contributed by atoms with Gasteiger partial charge in [-0.05, 0) is 63.4 Å². The molecule has 168 valence electrons. The largest absolute Gasteiger partial charge is 0.356 e. The van der Waals surface area contributed by atoms with E-state index in [0.717, 1.165) is 60.5 Å². The van der Waals surface area contributed by atoms with Crippen LogP contribution in [-0.4, -0.2) is 40.6 Å². The fraction of sp³-hybridized carbons (Fsp3) is 0.400. The Morgan fingerprint density at radius 2 is 2.00 bits per heavy atom. The quantitative estimate of drug-likeness (QED) is 0.503. The molecule has 0 aliphatic carbocycles. The lowest BCUT2D eigenvalue weighted by Gasteiger charge is -2.30. The minimum Gasteiger partial charge on any atom is -0.356 e. The topological polar surface area (TPSA) is 71.3 Å². The molecule has 6 nitrogen and oxygen atoms in total. The molecule has 1 aliphatic rings. The fourth-order valence-corrected chi connectivity index (χ4v) is 4.33. The van der Waals surface area contributed by atoms with Crippen molar-refractivity contribution in [3.63, 3.8) is 0 Å². The van der Waals surface area contributed by atoms with Crippen LogP contribution in [0.25, 0.3) is 11.4 Å². The number of carbonyl (C=O) groups excluding carboxylic acids is 1. The van der Waals surface area contributed by atoms with Crippen LogP contribution in [0, 0.1) is 12.8 Å². The summed E-state index contributed by atoms with van der Waals surface area (Å²) in [5.74, 6) is 1.46. The maximum absolute atomic E-state index is 12.5. The van der Waals surface area contributed by atoms with Gasteiger partial charge in [0.15, 0.2) is 0 Å². The van der Waals surface area contributed by atoms with E-state index in [1.807, 2.05) is 55.5 Å². The number of likely N-dealkylation sites (tertiary alicyclic amines) is 1. The molecule has 1 saturated heterocycles. The van der Waals surface area contributed by atoms with Crippen molar-refractivity contribution >= 4 is 17.5 Å². The first kappa shape index (κ1) is 22.5. The van der Waals surface area contributed by atoms with E-state index in [0.29, 0.717) is 24.8 Å². The number of piperidine rings is 1. The summed E-state index contributed by atoms with van der Waals surface area (Å²) in [5, 5.41) is 8.00. The highest BCUT2D eigenvalue weighted by atomic mass is 35.5. The van der Waals surface area contributed by atoms with E-state index >= 15 is 0 Å². The number of amides is 1. The second-order valence-corrected chi connectivity index (χ2v) is 8.82. The van der Waals surface area contributed by atoms with E-state index < -0.39 is 0 Å². The third-order valence-corrected chi connectivity index (χ3v) is 6.31. The van der Waals surface area contributed by atoms with Gasteiger partial charge in [-0.2, -0.15) is 4.98 Å². The van der Waals surface area contributed by atoms with E-state index in [9.17, 15) is 4.79 Å². The number of aromatic nitrogens is 2. The maximum Gasteiger partial charge on any atom is 0.241 e. The Morgan fingerprint density at radius 3 is 2.78 bits per heavy atom. The molecule has 0 unspecified atom stereocenters. The van der Waals surface area contributed by atoms with E-state index in [4.69, 9.17) is 16.1 Å². The Morgan fingerprint density at radius 1 is 1.19 bits per heavy atom. The molecule has 3 aromatic rings. The molecule has 0 spiro atoms. The van der Waals surface area contributed by atoms with Gasteiger partial charge < -0.3 is 9.84 Å². The summed E-state index contributed by atoms with van der Waals surface area (Å²) >= 11 is 6.19. The first-order chi connectivity index (χ1) is 15.6. The van der Waals surface area contributed by atoms with Gasteiger partial charge in [0.1, 0.15) is 0 Å². The van der Waals surface area contributed by atoms with Crippen molar-refractivity contribution < 1.29 is 9.32 Å². The Kier molecular flexibility index (Phi) is 7.55. The van der Waals surface area contributed by atoms with Crippen LogP contribution in [0.1, 0.15) is 36.3 Å². The number of nitrogens with one attached hydrogen (secondary N) is 1. The lowest BCUT2D eigenvalue weighted by atomic mass is 9.96. The van der Waals surface area contributed by atoms with Gasteiger partial charge in [-0.3, -0.25) is 9.69 Å². The van der Waals surface area contributed by atoms with E-state index in [1.165, 1.54) is 0 Å². The number of carbonyl (C=O) groups is 1. The minimum atomic E-state index is 0.0668. The first-order valence-electron chi connectivity index (χ1n) is 11.2. The smallest absolute Gasteiger partial charge is 0.241 e. The van der Waals surface area contributed by atoms with Gasteiger partial charge in [-0.15, -0.1) is 0 Å². The molecule has 4 rings (SSSR count). The van der Waals surface area contributed by atoms with Crippen LogP contribution >= 0.6 is 11.6 Å². The van der Waals surface area contributed by atoms with Crippen molar-refractivity contribution in [3.05, 3.63) is 70.6 Å². The monoisotopic (exact) mass is 452 g/mol. The van der Waals surface area contributed by atoms with Crippen LogP contribution in [0.4, 0.5) is 0 Å². The van der Waals surface area contributed by atoms with Crippen LogP contribution in [0.5, 0.6) is 0 Å². The van der Waals surface area contributed by atoms with Gasteiger partial charge in [0.05, 0.1) is 6.54 Å². The zero-order valence-electron chi connectivity index (χ0n) is 18.4. The molecule has 2 heterocycles. The fourth-order valence-electron chi connectivity index (χ4n) is 4.10. The van der Waals surface area contributed by atoms with Crippen LogP contribution in [0.15, 0.2) is 53.1 Å². The number of rotatable bonds is 8. The van der Waals surface area contributed by atoms with Crippen LogP contribution in [0.3, 0.4) is 0 Å². The molecule has 1 fully saturated rings. The molecule has 1 aromatic heterocycles. The van der Waals surface area contributed by atoms with E-state index in [2.05, 4.69) is 20.4 Å². The van der Waals surface area contributed by atoms with E-state index in [-0.39, 0.29) is 11.8 Å². The summed E-state index contributed by atoms with van der Waals surface area (Å²) in [5.41, 5.74) is 3.26. The third-order valence-electron chi connectivity index (χ3n) is 5.94. The molecule has 1 N–H and O–H groups in total. The highest BCUT2D eigenvalue weighted by Gasteiger charge is 2.25. The Balaban J connectivity index is 1.18. The van der Waals surface area contributed by atoms with Crippen LogP contribution < -0.4 is 5.32 Å². The summed E-state index contributed by atoms with van der Waals surface area (Å²) in [7, 11) is 0. The lowest BCUT2D eigenvalue weighted by molar-refractivity contribution is -0.126. The Bertz CT molecular complexity index is 1040. The Labute approximate surface area is 194 Å². The number of halogens is 1. The highest BCUT2D eigenvalue weighted by molar-refractivity contribution is 6.31. The first-order valence-corrected chi connectivity index (χ1v) is 11.6. The molecular weight excluding hydrogens is 424 g/mol. The van der Waals surface area contributed by atoms with Crippen molar-refractivity contribution in [2.24, 2.45) is 5.92 Å². The number of benzene rings is 2. The molecule has 0 bridgehead atoms. The maximum atomic E-state index is 12.5. The molecule has 0 radical (unpaired) electrons. The van der Waals surface area contributed by atoms with E-state index in [1.54, 1.807) is 0 Å². The highest BCUT2D eigenvalue weighted by Crippen LogP contribution is 2.21. The zero-order chi connectivity index (χ0) is 22.3. The number of hydrogen-bond acceptors (Lipinski definition) is 5. The molecule has 0 saturated carbocycles. The second-order valence-electron chi connectivity index (χ2n) is 8.42. The Hall–Kier alpha value is -2.70. The second kappa shape index (κ2) is 10.7. The van der Waals surface area contributed by atoms with Crippen LogP contribution in [-0.2, 0) is 17.8 Å². The number of nitrogens with zero attached hydrogens (tertiary/aromatic N) is 3. The average molecular weight is 453 g/mol.